The fourth-order valence-electron chi connectivity index (χ4n) is 3.42. The number of carbonyl (C=O) groups excluding carboxylic acids is 1. The van der Waals surface area contributed by atoms with Crippen LogP contribution < -0.4 is 10.2 Å². The van der Waals surface area contributed by atoms with Crippen molar-refractivity contribution < 1.29 is 14.4 Å². The number of rotatable bonds is 7. The van der Waals surface area contributed by atoms with Crippen LogP contribution in [-0.4, -0.2) is 31.7 Å². The van der Waals surface area contributed by atoms with Gasteiger partial charge in [0.2, 0.25) is 0 Å². The molecule has 0 spiro atoms. The van der Waals surface area contributed by atoms with Crippen LogP contribution in [-0.2, 0) is 16.1 Å². The summed E-state index contributed by atoms with van der Waals surface area (Å²) in [5.74, 6) is 0.0713. The van der Waals surface area contributed by atoms with E-state index in [-0.39, 0.29) is 12.0 Å². The van der Waals surface area contributed by atoms with E-state index in [1.54, 1.807) is 11.3 Å². The number of hydrogen-bond donors (Lipinski definition) is 2. The van der Waals surface area contributed by atoms with Gasteiger partial charge in [0.15, 0.2) is 6.54 Å². The van der Waals surface area contributed by atoms with E-state index in [1.165, 1.54) is 9.78 Å². The van der Waals surface area contributed by atoms with Crippen molar-refractivity contribution in [2.24, 2.45) is 0 Å². The monoisotopic (exact) mass is 359 g/mol. The molecule has 1 unspecified atom stereocenters. The zero-order chi connectivity index (χ0) is 17.6. The van der Waals surface area contributed by atoms with Gasteiger partial charge in [0, 0.05) is 12.3 Å². The van der Waals surface area contributed by atoms with Gasteiger partial charge in [-0.05, 0) is 49.3 Å². The van der Waals surface area contributed by atoms with Crippen molar-refractivity contribution in [3.63, 3.8) is 0 Å². The zero-order valence-corrected chi connectivity index (χ0v) is 15.8. The third kappa shape index (κ3) is 5.14. The molecule has 1 fully saturated rings. The predicted molar refractivity (Wildman–Crippen MR) is 102 cm³/mol. The lowest BCUT2D eigenvalue weighted by atomic mass is 10.1. The standard InChI is InChI=1S/C20H26N2O2S/c1-15-6-3-7-16(2)20(15)21-19(23)14-22(12-17-8-4-10-24-17)13-18-9-5-11-25-18/h3,5-7,9,11,17H,4,8,10,12-14H2,1-2H3,(H,21,23)/p+1/t17-/m0/s1. The molecule has 0 bridgehead atoms. The van der Waals surface area contributed by atoms with E-state index in [0.717, 1.165) is 49.4 Å². The molecule has 1 aliphatic rings. The fraction of sp³-hybridized carbons (Fsp3) is 0.450. The number of hydrogen-bond acceptors (Lipinski definition) is 3. The Kier molecular flexibility index (Phi) is 6.24. The van der Waals surface area contributed by atoms with E-state index >= 15 is 0 Å². The molecular weight excluding hydrogens is 332 g/mol. The second-order valence-electron chi connectivity index (χ2n) is 6.84. The summed E-state index contributed by atoms with van der Waals surface area (Å²) in [4.78, 5) is 15.2. The van der Waals surface area contributed by atoms with Crippen LogP contribution >= 0.6 is 11.3 Å². The molecule has 0 aliphatic carbocycles. The summed E-state index contributed by atoms with van der Waals surface area (Å²) in [7, 11) is 0. The Balaban J connectivity index is 1.64. The summed E-state index contributed by atoms with van der Waals surface area (Å²) < 4.78 is 5.79. The molecule has 1 aromatic carbocycles. The van der Waals surface area contributed by atoms with Crippen molar-refractivity contribution >= 4 is 22.9 Å². The largest absolute Gasteiger partial charge is 0.372 e. The van der Waals surface area contributed by atoms with Crippen molar-refractivity contribution in [1.29, 1.82) is 0 Å². The highest BCUT2D eigenvalue weighted by atomic mass is 32.1. The van der Waals surface area contributed by atoms with E-state index < -0.39 is 0 Å². The second kappa shape index (κ2) is 8.61. The highest BCUT2D eigenvalue weighted by Crippen LogP contribution is 2.19. The summed E-state index contributed by atoms with van der Waals surface area (Å²) in [5, 5.41) is 5.21. The average molecular weight is 360 g/mol. The lowest BCUT2D eigenvalue weighted by Gasteiger charge is -2.22. The number of para-hydroxylation sites is 1. The van der Waals surface area contributed by atoms with Gasteiger partial charge in [0.1, 0.15) is 19.2 Å². The molecule has 0 saturated carbocycles. The first kappa shape index (κ1) is 18.1. The van der Waals surface area contributed by atoms with E-state index in [4.69, 9.17) is 4.74 Å². The minimum Gasteiger partial charge on any atom is -0.372 e. The SMILES string of the molecule is Cc1cccc(C)c1NC(=O)C[NH+](Cc1cccs1)C[C@@H]1CCCO1. The number of nitrogens with one attached hydrogen (secondary N) is 2. The fourth-order valence-corrected chi connectivity index (χ4v) is 4.19. The number of aryl methyl sites for hydroxylation is 2. The molecule has 1 aliphatic heterocycles. The number of thiophene rings is 1. The summed E-state index contributed by atoms with van der Waals surface area (Å²) in [6.07, 6.45) is 2.51. The predicted octanol–water partition coefficient (Wildman–Crippen LogP) is 2.57. The molecule has 2 N–H and O–H groups in total. The lowest BCUT2D eigenvalue weighted by Crippen LogP contribution is -3.12. The van der Waals surface area contributed by atoms with E-state index in [1.807, 2.05) is 32.0 Å². The topological polar surface area (TPSA) is 42.8 Å². The van der Waals surface area contributed by atoms with Crippen LogP contribution in [0.15, 0.2) is 35.7 Å². The molecule has 2 atom stereocenters. The first-order chi connectivity index (χ1) is 12.1. The normalized spacial score (nSPS) is 18.2. The Morgan fingerprint density at radius 2 is 2.08 bits per heavy atom. The van der Waals surface area contributed by atoms with Crippen LogP contribution in [0.2, 0.25) is 0 Å². The quantitative estimate of drug-likeness (QED) is 0.798. The number of benzene rings is 1. The maximum absolute atomic E-state index is 12.7. The molecule has 2 heterocycles. The first-order valence-electron chi connectivity index (χ1n) is 8.95. The number of carbonyl (C=O) groups is 1. The molecule has 25 heavy (non-hydrogen) atoms. The van der Waals surface area contributed by atoms with Crippen LogP contribution in [0.3, 0.4) is 0 Å². The molecule has 1 amide bonds. The minimum atomic E-state index is 0.0713. The van der Waals surface area contributed by atoms with Crippen molar-refractivity contribution in [3.05, 3.63) is 51.7 Å². The molecule has 3 rings (SSSR count). The number of quaternary nitrogens is 1. The van der Waals surface area contributed by atoms with Crippen LogP contribution in [0.25, 0.3) is 0 Å². The highest BCUT2D eigenvalue weighted by Gasteiger charge is 2.24. The van der Waals surface area contributed by atoms with Crippen molar-refractivity contribution in [2.45, 2.75) is 39.3 Å². The van der Waals surface area contributed by atoms with Gasteiger partial charge in [-0.2, -0.15) is 0 Å². The van der Waals surface area contributed by atoms with Gasteiger partial charge in [-0.25, -0.2) is 0 Å². The van der Waals surface area contributed by atoms with Crippen molar-refractivity contribution in [2.75, 3.05) is 25.0 Å². The van der Waals surface area contributed by atoms with Crippen LogP contribution in [0.5, 0.6) is 0 Å². The molecular formula is C20H27N2O2S+. The van der Waals surface area contributed by atoms with E-state index in [2.05, 4.69) is 22.8 Å². The number of anilines is 1. The van der Waals surface area contributed by atoms with Crippen LogP contribution in [0, 0.1) is 13.8 Å². The summed E-state index contributed by atoms with van der Waals surface area (Å²) in [5.41, 5.74) is 3.15. The first-order valence-corrected chi connectivity index (χ1v) is 9.83. The summed E-state index contributed by atoms with van der Waals surface area (Å²) >= 11 is 1.75. The van der Waals surface area contributed by atoms with Gasteiger partial charge in [0.05, 0.1) is 4.88 Å². The molecule has 4 nitrogen and oxygen atoms in total. The third-order valence-corrected chi connectivity index (χ3v) is 5.58. The maximum atomic E-state index is 12.7. The van der Waals surface area contributed by atoms with Gasteiger partial charge < -0.3 is 15.0 Å². The molecule has 5 heteroatoms. The molecule has 1 aromatic heterocycles. The van der Waals surface area contributed by atoms with Crippen LogP contribution in [0.1, 0.15) is 28.8 Å². The second-order valence-corrected chi connectivity index (χ2v) is 7.87. The average Bonchev–Trinajstić information content (AvgIpc) is 3.25. The summed E-state index contributed by atoms with van der Waals surface area (Å²) in [6.45, 7) is 7.14. The Bertz CT molecular complexity index is 673. The third-order valence-electron chi connectivity index (χ3n) is 4.70. The van der Waals surface area contributed by atoms with Crippen molar-refractivity contribution in [1.82, 2.24) is 0 Å². The van der Waals surface area contributed by atoms with Gasteiger partial charge in [-0.3, -0.25) is 4.79 Å². The number of amides is 1. The molecule has 1 saturated heterocycles. The van der Waals surface area contributed by atoms with E-state index in [9.17, 15) is 4.79 Å². The van der Waals surface area contributed by atoms with Gasteiger partial charge in [0.25, 0.3) is 5.91 Å². The smallest absolute Gasteiger partial charge is 0.279 e. The van der Waals surface area contributed by atoms with E-state index in [0.29, 0.717) is 6.54 Å². The van der Waals surface area contributed by atoms with Gasteiger partial charge in [-0.15, -0.1) is 11.3 Å². The van der Waals surface area contributed by atoms with Gasteiger partial charge >= 0.3 is 0 Å². The lowest BCUT2D eigenvalue weighted by molar-refractivity contribution is -0.908. The Hall–Kier alpha value is -1.69. The Morgan fingerprint density at radius 3 is 2.72 bits per heavy atom. The minimum absolute atomic E-state index is 0.0713. The number of ether oxygens (including phenoxy) is 1. The van der Waals surface area contributed by atoms with Crippen molar-refractivity contribution in [3.8, 4) is 0 Å². The van der Waals surface area contributed by atoms with Crippen LogP contribution in [0.4, 0.5) is 5.69 Å². The Morgan fingerprint density at radius 1 is 1.28 bits per heavy atom. The zero-order valence-electron chi connectivity index (χ0n) is 15.0. The maximum Gasteiger partial charge on any atom is 0.279 e. The molecule has 134 valence electrons. The summed E-state index contributed by atoms with van der Waals surface area (Å²) in [6, 6.07) is 10.3. The van der Waals surface area contributed by atoms with Gasteiger partial charge in [-0.1, -0.05) is 24.3 Å². The molecule has 0 radical (unpaired) electrons. The molecule has 2 aromatic rings. The Labute approximate surface area is 153 Å². The highest BCUT2D eigenvalue weighted by molar-refractivity contribution is 7.09.